The molecule has 0 atom stereocenters. The van der Waals surface area contributed by atoms with E-state index in [-0.39, 0.29) is 5.78 Å². The number of halogens is 2. The molecule has 16 heavy (non-hydrogen) atoms. The zero-order valence-corrected chi connectivity index (χ0v) is 11.2. The molecule has 82 valence electrons. The quantitative estimate of drug-likeness (QED) is 0.673. The lowest BCUT2D eigenvalue weighted by molar-refractivity contribution is 0.104. The summed E-state index contributed by atoms with van der Waals surface area (Å²) in [5, 5.41) is 0.404. The molecule has 0 radical (unpaired) electrons. The first-order valence-electron chi connectivity index (χ1n) is 4.43. The van der Waals surface area contributed by atoms with E-state index in [1.165, 1.54) is 11.3 Å². The van der Waals surface area contributed by atoms with E-state index in [9.17, 15) is 4.79 Å². The molecule has 0 amide bonds. The highest BCUT2D eigenvalue weighted by molar-refractivity contribution is 9.11. The Morgan fingerprint density at radius 2 is 2.06 bits per heavy atom. The number of hydrogen-bond donors (Lipinski definition) is 1. The Labute approximate surface area is 110 Å². The number of nitrogens with two attached hydrogens (primary N) is 1. The Kier molecular flexibility index (Phi) is 3.33. The Bertz CT molecular complexity index is 553. The summed E-state index contributed by atoms with van der Waals surface area (Å²) in [5.41, 5.74) is 6.61. The summed E-state index contributed by atoms with van der Waals surface area (Å²) in [6.45, 7) is 0. The van der Waals surface area contributed by atoms with Gasteiger partial charge in [0.05, 0.1) is 19.4 Å². The molecular weight excluding hydrogens is 310 g/mol. The summed E-state index contributed by atoms with van der Waals surface area (Å²) in [4.78, 5) is 12.7. The first-order chi connectivity index (χ1) is 7.58. The van der Waals surface area contributed by atoms with Gasteiger partial charge in [0.25, 0.3) is 0 Å². The van der Waals surface area contributed by atoms with Crippen LogP contribution in [0.5, 0.6) is 0 Å². The van der Waals surface area contributed by atoms with E-state index in [4.69, 9.17) is 17.3 Å². The van der Waals surface area contributed by atoms with E-state index < -0.39 is 0 Å². The highest BCUT2D eigenvalue weighted by Gasteiger charge is 2.12. The van der Waals surface area contributed by atoms with Crippen LogP contribution in [0.25, 0.3) is 0 Å². The Morgan fingerprint density at radius 3 is 2.62 bits per heavy atom. The minimum Gasteiger partial charge on any atom is -0.398 e. The minimum absolute atomic E-state index is 0.0439. The number of carbonyl (C=O) groups is 1. The van der Waals surface area contributed by atoms with Gasteiger partial charge in [0.15, 0.2) is 0 Å². The first kappa shape index (κ1) is 11.6. The van der Waals surface area contributed by atoms with Crippen molar-refractivity contribution in [3.05, 3.63) is 49.6 Å². The number of benzene rings is 1. The standard InChI is InChI=1S/C11H7BrClNOS/c12-10-4-3-9(16-10)11(15)6-1-2-8(14)7(13)5-6/h1-5H,14H2. The fraction of sp³-hybridized carbons (Fsp3) is 0. The fourth-order valence-corrected chi connectivity index (χ4v) is 2.78. The molecule has 0 unspecified atom stereocenters. The average Bonchev–Trinajstić information content (AvgIpc) is 2.68. The van der Waals surface area contributed by atoms with Crippen LogP contribution in [0.4, 0.5) is 5.69 Å². The number of ketones is 1. The third-order valence-electron chi connectivity index (χ3n) is 2.06. The molecule has 0 aliphatic rings. The van der Waals surface area contributed by atoms with Gasteiger partial charge in [0.1, 0.15) is 0 Å². The Balaban J connectivity index is 2.38. The molecule has 0 saturated heterocycles. The van der Waals surface area contributed by atoms with Gasteiger partial charge in [-0.3, -0.25) is 4.79 Å². The number of thiophene rings is 1. The van der Waals surface area contributed by atoms with Crippen LogP contribution in [-0.4, -0.2) is 5.78 Å². The fourth-order valence-electron chi connectivity index (χ4n) is 1.25. The third-order valence-corrected chi connectivity index (χ3v) is 4.01. The zero-order chi connectivity index (χ0) is 11.7. The van der Waals surface area contributed by atoms with E-state index in [0.717, 1.165) is 3.79 Å². The topological polar surface area (TPSA) is 43.1 Å². The van der Waals surface area contributed by atoms with E-state index >= 15 is 0 Å². The maximum Gasteiger partial charge on any atom is 0.203 e. The largest absolute Gasteiger partial charge is 0.398 e. The number of nitrogen functional groups attached to an aromatic ring is 1. The summed E-state index contributed by atoms with van der Waals surface area (Å²) in [5.74, 6) is -0.0439. The molecular formula is C11H7BrClNOS. The van der Waals surface area contributed by atoms with Gasteiger partial charge in [0, 0.05) is 5.56 Å². The van der Waals surface area contributed by atoms with Crippen LogP contribution in [0.15, 0.2) is 34.1 Å². The van der Waals surface area contributed by atoms with E-state index in [2.05, 4.69) is 15.9 Å². The van der Waals surface area contributed by atoms with Crippen LogP contribution in [-0.2, 0) is 0 Å². The molecule has 2 rings (SSSR count). The second-order valence-electron chi connectivity index (χ2n) is 3.17. The smallest absolute Gasteiger partial charge is 0.203 e. The second kappa shape index (κ2) is 4.57. The molecule has 5 heteroatoms. The predicted octanol–water partition coefficient (Wildman–Crippen LogP) is 3.98. The molecule has 2 aromatic rings. The predicted molar refractivity (Wildman–Crippen MR) is 71.3 cm³/mol. The maximum atomic E-state index is 12.0. The first-order valence-corrected chi connectivity index (χ1v) is 6.42. The normalized spacial score (nSPS) is 10.4. The van der Waals surface area contributed by atoms with Crippen molar-refractivity contribution < 1.29 is 4.79 Å². The SMILES string of the molecule is Nc1ccc(C(=O)c2ccc(Br)s2)cc1Cl. The van der Waals surface area contributed by atoms with Crippen LogP contribution in [0, 0.1) is 0 Å². The number of anilines is 1. The summed E-state index contributed by atoms with van der Waals surface area (Å²) < 4.78 is 0.928. The van der Waals surface area contributed by atoms with Crippen molar-refractivity contribution in [2.24, 2.45) is 0 Å². The van der Waals surface area contributed by atoms with Crippen molar-refractivity contribution in [2.75, 3.05) is 5.73 Å². The average molecular weight is 317 g/mol. The molecule has 1 aromatic heterocycles. The van der Waals surface area contributed by atoms with E-state index in [1.54, 1.807) is 24.3 Å². The van der Waals surface area contributed by atoms with Gasteiger partial charge in [0.2, 0.25) is 5.78 Å². The third kappa shape index (κ3) is 2.29. The molecule has 0 aliphatic heterocycles. The lowest BCUT2D eigenvalue weighted by Crippen LogP contribution is -1.99. The van der Waals surface area contributed by atoms with Crippen LogP contribution in [0.3, 0.4) is 0 Å². The number of rotatable bonds is 2. The zero-order valence-electron chi connectivity index (χ0n) is 8.04. The van der Waals surface area contributed by atoms with Crippen molar-refractivity contribution in [3.63, 3.8) is 0 Å². The summed E-state index contributed by atoms with van der Waals surface area (Å²) in [6.07, 6.45) is 0. The van der Waals surface area contributed by atoms with Crippen LogP contribution in [0.2, 0.25) is 5.02 Å². The van der Waals surface area contributed by atoms with Gasteiger partial charge >= 0.3 is 0 Å². The molecule has 0 saturated carbocycles. The molecule has 0 aliphatic carbocycles. The molecule has 0 spiro atoms. The maximum absolute atomic E-state index is 12.0. The molecule has 1 heterocycles. The van der Waals surface area contributed by atoms with Gasteiger partial charge in [-0.1, -0.05) is 11.6 Å². The van der Waals surface area contributed by atoms with Crippen molar-refractivity contribution >= 4 is 50.3 Å². The summed E-state index contributed by atoms with van der Waals surface area (Å²) in [6, 6.07) is 8.53. The van der Waals surface area contributed by atoms with E-state index in [1.807, 2.05) is 6.07 Å². The van der Waals surface area contributed by atoms with Crippen molar-refractivity contribution in [3.8, 4) is 0 Å². The van der Waals surface area contributed by atoms with Gasteiger partial charge in [-0.15, -0.1) is 11.3 Å². The summed E-state index contributed by atoms with van der Waals surface area (Å²) >= 11 is 10.6. The lowest BCUT2D eigenvalue weighted by atomic mass is 10.1. The molecule has 0 bridgehead atoms. The Morgan fingerprint density at radius 1 is 1.31 bits per heavy atom. The van der Waals surface area contributed by atoms with Crippen molar-refractivity contribution in [1.82, 2.24) is 0 Å². The highest BCUT2D eigenvalue weighted by Crippen LogP contribution is 2.26. The van der Waals surface area contributed by atoms with Gasteiger partial charge in [-0.2, -0.15) is 0 Å². The Hall–Kier alpha value is -0.840. The lowest BCUT2D eigenvalue weighted by Gasteiger charge is -2.01. The monoisotopic (exact) mass is 315 g/mol. The minimum atomic E-state index is -0.0439. The number of hydrogen-bond acceptors (Lipinski definition) is 3. The van der Waals surface area contributed by atoms with Crippen LogP contribution < -0.4 is 5.73 Å². The second-order valence-corrected chi connectivity index (χ2v) is 6.04. The van der Waals surface area contributed by atoms with E-state index in [0.29, 0.717) is 21.2 Å². The molecule has 2 N–H and O–H groups in total. The molecule has 0 fully saturated rings. The van der Waals surface area contributed by atoms with Gasteiger partial charge in [-0.25, -0.2) is 0 Å². The summed E-state index contributed by atoms with van der Waals surface area (Å²) in [7, 11) is 0. The highest BCUT2D eigenvalue weighted by atomic mass is 79.9. The van der Waals surface area contributed by atoms with Crippen molar-refractivity contribution in [2.45, 2.75) is 0 Å². The van der Waals surface area contributed by atoms with Crippen LogP contribution in [0.1, 0.15) is 15.2 Å². The molecule has 1 aromatic carbocycles. The number of carbonyl (C=O) groups excluding carboxylic acids is 1. The van der Waals surface area contributed by atoms with Gasteiger partial charge in [-0.05, 0) is 46.3 Å². The van der Waals surface area contributed by atoms with Gasteiger partial charge < -0.3 is 5.73 Å². The van der Waals surface area contributed by atoms with Crippen molar-refractivity contribution in [1.29, 1.82) is 0 Å². The van der Waals surface area contributed by atoms with Crippen LogP contribution >= 0.6 is 38.9 Å². The molecule has 2 nitrogen and oxygen atoms in total.